The largest absolute Gasteiger partial charge is 0.496 e. The van der Waals surface area contributed by atoms with Crippen LogP contribution in [0.15, 0.2) is 84.9 Å². The van der Waals surface area contributed by atoms with Gasteiger partial charge in [0.25, 0.3) is 0 Å². The van der Waals surface area contributed by atoms with E-state index in [0.717, 1.165) is 35.3 Å². The van der Waals surface area contributed by atoms with E-state index in [4.69, 9.17) is 4.74 Å². The van der Waals surface area contributed by atoms with E-state index in [1.165, 1.54) is 4.90 Å². The number of methoxy groups -OCH3 is 1. The SMILES string of the molecule is COc1ccccc1CN(CC(=O)C(c1ccccc1)c1ccccc1)C[C@@H]1CCCN1C(=O)O. The Balaban J connectivity index is 1.62. The Morgan fingerprint density at radius 3 is 2.17 bits per heavy atom. The molecule has 1 atom stereocenters. The third-order valence-corrected chi connectivity index (χ3v) is 6.65. The number of ketones is 1. The molecule has 1 aliphatic heterocycles. The summed E-state index contributed by atoms with van der Waals surface area (Å²) >= 11 is 0. The number of ether oxygens (including phenoxy) is 1. The molecule has 6 heteroatoms. The molecule has 4 rings (SSSR count). The third kappa shape index (κ3) is 6.08. The first-order chi connectivity index (χ1) is 17.1. The number of Topliss-reactive ketones (excluding diaryl/α,β-unsaturated/α-hetero) is 1. The second-order valence-corrected chi connectivity index (χ2v) is 8.97. The fourth-order valence-corrected chi connectivity index (χ4v) is 5.00. The topological polar surface area (TPSA) is 70.1 Å². The monoisotopic (exact) mass is 472 g/mol. The van der Waals surface area contributed by atoms with Crippen LogP contribution in [0.1, 0.15) is 35.4 Å². The molecule has 35 heavy (non-hydrogen) atoms. The Morgan fingerprint density at radius 1 is 0.971 bits per heavy atom. The number of hydrogen-bond acceptors (Lipinski definition) is 4. The molecule has 182 valence electrons. The van der Waals surface area contributed by atoms with Gasteiger partial charge in [0.15, 0.2) is 5.78 Å². The van der Waals surface area contributed by atoms with Crippen molar-refractivity contribution in [1.82, 2.24) is 9.80 Å². The van der Waals surface area contributed by atoms with Gasteiger partial charge in [0.05, 0.1) is 19.6 Å². The van der Waals surface area contributed by atoms with Gasteiger partial charge in [0, 0.05) is 31.2 Å². The fourth-order valence-electron chi connectivity index (χ4n) is 5.00. The predicted molar refractivity (Wildman–Crippen MR) is 136 cm³/mol. The van der Waals surface area contributed by atoms with E-state index in [2.05, 4.69) is 4.90 Å². The Morgan fingerprint density at radius 2 is 1.57 bits per heavy atom. The summed E-state index contributed by atoms with van der Waals surface area (Å²) in [5.74, 6) is 0.447. The van der Waals surface area contributed by atoms with Gasteiger partial charge in [-0.05, 0) is 30.0 Å². The van der Waals surface area contributed by atoms with Gasteiger partial charge in [-0.25, -0.2) is 4.79 Å². The van der Waals surface area contributed by atoms with Gasteiger partial charge in [0.1, 0.15) is 5.75 Å². The van der Waals surface area contributed by atoms with E-state index in [1.54, 1.807) is 7.11 Å². The van der Waals surface area contributed by atoms with Crippen LogP contribution in [0.5, 0.6) is 5.75 Å². The standard InChI is InChI=1S/C29H32N2O4/c1-35-27-17-9-8-15-24(27)19-30(20-25-16-10-18-31(25)29(33)34)21-26(32)28(22-11-4-2-5-12-22)23-13-6-3-7-14-23/h2-9,11-15,17,25,28H,10,16,18-21H2,1H3,(H,33,34)/t25-/m0/s1. The fraction of sp³-hybridized carbons (Fsp3) is 0.310. The molecule has 0 aliphatic carbocycles. The van der Waals surface area contributed by atoms with Crippen molar-refractivity contribution in [1.29, 1.82) is 0 Å². The molecule has 0 bridgehead atoms. The van der Waals surface area contributed by atoms with Gasteiger partial charge in [-0.15, -0.1) is 0 Å². The Bertz CT molecular complexity index is 1080. The lowest BCUT2D eigenvalue weighted by Crippen LogP contribution is -2.44. The van der Waals surface area contributed by atoms with Crippen molar-refractivity contribution < 1.29 is 19.4 Å². The van der Waals surface area contributed by atoms with E-state index in [-0.39, 0.29) is 18.4 Å². The summed E-state index contributed by atoms with van der Waals surface area (Å²) in [6, 6.07) is 27.3. The summed E-state index contributed by atoms with van der Waals surface area (Å²) in [5, 5.41) is 9.66. The maximum absolute atomic E-state index is 13.9. The third-order valence-electron chi connectivity index (χ3n) is 6.65. The minimum absolute atomic E-state index is 0.0807. The molecule has 3 aromatic rings. The molecule has 1 N–H and O–H groups in total. The smallest absolute Gasteiger partial charge is 0.407 e. The predicted octanol–water partition coefficient (Wildman–Crippen LogP) is 5.04. The van der Waals surface area contributed by atoms with E-state index in [1.807, 2.05) is 84.9 Å². The van der Waals surface area contributed by atoms with Crippen molar-refractivity contribution in [3.63, 3.8) is 0 Å². The minimum Gasteiger partial charge on any atom is -0.496 e. The van der Waals surface area contributed by atoms with Crippen molar-refractivity contribution in [2.24, 2.45) is 0 Å². The number of carboxylic acid groups (broad SMARTS) is 1. The van der Waals surface area contributed by atoms with Crippen molar-refractivity contribution in [2.75, 3.05) is 26.7 Å². The molecule has 1 fully saturated rings. The summed E-state index contributed by atoms with van der Waals surface area (Å²) in [5.41, 5.74) is 2.88. The van der Waals surface area contributed by atoms with Gasteiger partial charge >= 0.3 is 6.09 Å². The van der Waals surface area contributed by atoms with Crippen molar-refractivity contribution >= 4 is 11.9 Å². The quantitative estimate of drug-likeness (QED) is 0.448. The first kappa shape index (κ1) is 24.5. The van der Waals surface area contributed by atoms with E-state index >= 15 is 0 Å². The Labute approximate surface area is 206 Å². The summed E-state index contributed by atoms with van der Waals surface area (Å²) < 4.78 is 5.55. The summed E-state index contributed by atoms with van der Waals surface area (Å²) in [6.45, 7) is 1.73. The van der Waals surface area contributed by atoms with Crippen LogP contribution in [0.3, 0.4) is 0 Å². The van der Waals surface area contributed by atoms with E-state index in [9.17, 15) is 14.7 Å². The first-order valence-electron chi connectivity index (χ1n) is 12.0. The highest BCUT2D eigenvalue weighted by Gasteiger charge is 2.32. The number of carbonyl (C=O) groups is 2. The normalized spacial score (nSPS) is 15.5. The molecule has 3 aromatic carbocycles. The molecular weight excluding hydrogens is 440 g/mol. The Hall–Kier alpha value is -3.64. The summed E-state index contributed by atoms with van der Waals surface area (Å²) in [4.78, 5) is 29.2. The lowest BCUT2D eigenvalue weighted by Gasteiger charge is -2.30. The van der Waals surface area contributed by atoms with Crippen LogP contribution in [0.4, 0.5) is 4.79 Å². The average Bonchev–Trinajstić information content (AvgIpc) is 3.34. The number of carbonyl (C=O) groups excluding carboxylic acids is 1. The molecule has 1 heterocycles. The van der Waals surface area contributed by atoms with Crippen LogP contribution in [0.25, 0.3) is 0 Å². The summed E-state index contributed by atoms with van der Waals surface area (Å²) in [7, 11) is 1.64. The van der Waals surface area contributed by atoms with Crippen LogP contribution in [-0.2, 0) is 11.3 Å². The van der Waals surface area contributed by atoms with E-state index < -0.39 is 12.0 Å². The molecule has 0 radical (unpaired) electrons. The van der Waals surface area contributed by atoms with Crippen molar-refractivity contribution in [3.8, 4) is 5.75 Å². The summed E-state index contributed by atoms with van der Waals surface area (Å²) in [6.07, 6.45) is 0.732. The highest BCUT2D eigenvalue weighted by molar-refractivity contribution is 5.90. The number of amides is 1. The van der Waals surface area contributed by atoms with Crippen LogP contribution >= 0.6 is 0 Å². The van der Waals surface area contributed by atoms with Gasteiger partial charge in [0.2, 0.25) is 0 Å². The lowest BCUT2D eigenvalue weighted by atomic mass is 9.87. The van der Waals surface area contributed by atoms with Gasteiger partial charge < -0.3 is 14.7 Å². The number of likely N-dealkylation sites (tertiary alicyclic amines) is 1. The number of nitrogens with zero attached hydrogens (tertiary/aromatic N) is 2. The molecule has 6 nitrogen and oxygen atoms in total. The van der Waals surface area contributed by atoms with Gasteiger partial charge in [-0.2, -0.15) is 0 Å². The van der Waals surface area contributed by atoms with Crippen LogP contribution in [0, 0.1) is 0 Å². The zero-order valence-corrected chi connectivity index (χ0v) is 20.0. The molecule has 1 aliphatic rings. The van der Waals surface area contributed by atoms with Gasteiger partial charge in [-0.3, -0.25) is 9.69 Å². The molecular formula is C29H32N2O4. The zero-order chi connectivity index (χ0) is 24.6. The molecule has 0 aromatic heterocycles. The molecule has 1 amide bonds. The van der Waals surface area contributed by atoms with Gasteiger partial charge in [-0.1, -0.05) is 78.9 Å². The number of para-hydroxylation sites is 1. The van der Waals surface area contributed by atoms with Crippen LogP contribution in [0.2, 0.25) is 0 Å². The lowest BCUT2D eigenvalue weighted by molar-refractivity contribution is -0.121. The molecule has 0 spiro atoms. The first-order valence-corrected chi connectivity index (χ1v) is 12.0. The molecule has 1 saturated heterocycles. The number of hydrogen-bond donors (Lipinski definition) is 1. The zero-order valence-electron chi connectivity index (χ0n) is 20.0. The maximum Gasteiger partial charge on any atom is 0.407 e. The van der Waals surface area contributed by atoms with Crippen molar-refractivity contribution in [3.05, 3.63) is 102 Å². The molecule has 0 unspecified atom stereocenters. The number of benzene rings is 3. The second-order valence-electron chi connectivity index (χ2n) is 8.97. The van der Waals surface area contributed by atoms with Crippen LogP contribution in [-0.4, -0.2) is 59.6 Å². The van der Waals surface area contributed by atoms with Crippen LogP contribution < -0.4 is 4.74 Å². The highest BCUT2D eigenvalue weighted by atomic mass is 16.5. The van der Waals surface area contributed by atoms with Crippen molar-refractivity contribution in [2.45, 2.75) is 31.3 Å². The van der Waals surface area contributed by atoms with E-state index in [0.29, 0.717) is 19.6 Å². The highest BCUT2D eigenvalue weighted by Crippen LogP contribution is 2.28. The average molecular weight is 473 g/mol. The molecule has 0 saturated carbocycles. The minimum atomic E-state index is -0.900. The maximum atomic E-state index is 13.9. The number of rotatable bonds is 10. The second kappa shape index (κ2) is 11.7. The Kier molecular flexibility index (Phi) is 8.16.